The standard InChI is InChI=1S/C14H18F3N7O3S/c1-8-18-20-14(24(8)4)21-19-9-7-12(26-5)11(23(2)3)6-10(9)22-28(25,27-17)13(15)16/h6-7,13H,1-5H3. The second-order valence-electron chi connectivity index (χ2n) is 5.64. The molecule has 0 radical (unpaired) electrons. The molecule has 0 saturated carbocycles. The number of anilines is 1. The lowest BCUT2D eigenvalue weighted by molar-refractivity contribution is -0.000950. The van der Waals surface area contributed by atoms with Gasteiger partial charge in [-0.25, -0.2) is 4.21 Å². The molecule has 1 aromatic carbocycles. The third-order valence-electron chi connectivity index (χ3n) is 3.62. The van der Waals surface area contributed by atoms with Crippen molar-refractivity contribution in [1.82, 2.24) is 14.8 Å². The topological polar surface area (TPSA) is 107 Å². The molecule has 0 aliphatic rings. The Morgan fingerprint density at radius 3 is 2.36 bits per heavy atom. The number of azo groups is 1. The quantitative estimate of drug-likeness (QED) is 0.630. The summed E-state index contributed by atoms with van der Waals surface area (Å²) in [5.41, 5.74) is -0.0619. The van der Waals surface area contributed by atoms with E-state index in [9.17, 15) is 17.5 Å². The van der Waals surface area contributed by atoms with Crippen LogP contribution in [0.4, 0.5) is 36.3 Å². The summed E-state index contributed by atoms with van der Waals surface area (Å²) in [6, 6.07) is 2.57. The average molecular weight is 421 g/mol. The SMILES string of the molecule is COc1cc(N=Nc2nnc(C)n2C)c(N=S(=O)(OF)C(F)F)cc1N(C)C. The van der Waals surface area contributed by atoms with Gasteiger partial charge in [-0.1, -0.05) is 4.39 Å². The van der Waals surface area contributed by atoms with Gasteiger partial charge in [0.25, 0.3) is 16.0 Å². The zero-order valence-corrected chi connectivity index (χ0v) is 16.4. The Bertz CT molecular complexity index is 1000. The number of benzene rings is 1. The highest BCUT2D eigenvalue weighted by Gasteiger charge is 2.26. The Morgan fingerprint density at radius 2 is 1.89 bits per heavy atom. The van der Waals surface area contributed by atoms with Crippen LogP contribution in [0, 0.1) is 6.92 Å². The summed E-state index contributed by atoms with van der Waals surface area (Å²) in [7, 11) is 1.40. The Hall–Kier alpha value is -2.74. The molecule has 10 nitrogen and oxygen atoms in total. The van der Waals surface area contributed by atoms with Crippen LogP contribution in [0.5, 0.6) is 5.75 Å². The second kappa shape index (κ2) is 8.52. The molecule has 0 spiro atoms. The number of ether oxygens (including phenoxy) is 1. The minimum atomic E-state index is -4.94. The zero-order chi connectivity index (χ0) is 21.1. The third kappa shape index (κ3) is 4.39. The number of methoxy groups -OCH3 is 1. The van der Waals surface area contributed by atoms with Gasteiger partial charge in [-0.05, 0) is 17.5 Å². The number of nitrogens with zero attached hydrogens (tertiary/aromatic N) is 7. The van der Waals surface area contributed by atoms with Gasteiger partial charge in [-0.15, -0.1) is 20.4 Å². The van der Waals surface area contributed by atoms with Gasteiger partial charge in [0.15, 0.2) is 0 Å². The summed E-state index contributed by atoms with van der Waals surface area (Å²) >= 11 is 0. The first-order chi connectivity index (χ1) is 13.1. The normalized spacial score (nSPS) is 13.8. The van der Waals surface area contributed by atoms with Crippen LogP contribution in [0.2, 0.25) is 0 Å². The van der Waals surface area contributed by atoms with Crippen LogP contribution in [0.3, 0.4) is 0 Å². The van der Waals surface area contributed by atoms with Gasteiger partial charge in [0, 0.05) is 27.2 Å². The molecule has 2 aromatic rings. The summed E-state index contributed by atoms with van der Waals surface area (Å²) < 4.78 is 63.4. The van der Waals surface area contributed by atoms with Gasteiger partial charge in [-0.2, -0.15) is 13.1 Å². The maximum Gasteiger partial charge on any atom is 0.345 e. The average Bonchev–Trinajstić information content (AvgIpc) is 2.98. The number of aryl methyl sites for hydroxylation is 1. The minimum absolute atomic E-state index is 0.117. The van der Waals surface area contributed by atoms with Crippen LogP contribution in [-0.2, 0) is 21.4 Å². The summed E-state index contributed by atoms with van der Waals surface area (Å²) in [5.74, 6) is -2.70. The minimum Gasteiger partial charge on any atom is -0.494 e. The molecule has 1 unspecified atom stereocenters. The van der Waals surface area contributed by atoms with Crippen LogP contribution in [0.15, 0.2) is 26.7 Å². The molecule has 0 bridgehead atoms. The van der Waals surface area contributed by atoms with Gasteiger partial charge in [-0.3, -0.25) is 4.57 Å². The van der Waals surface area contributed by atoms with Gasteiger partial charge < -0.3 is 9.64 Å². The third-order valence-corrected chi connectivity index (χ3v) is 4.70. The van der Waals surface area contributed by atoms with E-state index in [-0.39, 0.29) is 17.3 Å². The summed E-state index contributed by atoms with van der Waals surface area (Å²) in [5, 5.41) is 15.4. The molecule has 0 aliphatic carbocycles. The summed E-state index contributed by atoms with van der Waals surface area (Å²) in [4.78, 5) is 1.59. The predicted molar refractivity (Wildman–Crippen MR) is 95.7 cm³/mol. The van der Waals surface area contributed by atoms with Crippen molar-refractivity contribution in [3.8, 4) is 5.75 Å². The van der Waals surface area contributed by atoms with Crippen molar-refractivity contribution in [1.29, 1.82) is 0 Å². The van der Waals surface area contributed by atoms with E-state index in [2.05, 4.69) is 29.2 Å². The van der Waals surface area contributed by atoms with E-state index in [1.54, 1.807) is 33.0 Å². The van der Waals surface area contributed by atoms with Crippen molar-refractivity contribution < 1.29 is 26.6 Å². The molecule has 0 amide bonds. The van der Waals surface area contributed by atoms with Crippen LogP contribution >= 0.6 is 0 Å². The highest BCUT2D eigenvalue weighted by molar-refractivity contribution is 7.89. The molecule has 1 atom stereocenters. The Kier molecular flexibility index (Phi) is 6.56. The van der Waals surface area contributed by atoms with Crippen molar-refractivity contribution >= 4 is 33.0 Å². The van der Waals surface area contributed by atoms with Crippen molar-refractivity contribution in [2.24, 2.45) is 21.6 Å². The molecule has 1 aromatic heterocycles. The predicted octanol–water partition coefficient (Wildman–Crippen LogP) is 3.75. The molecule has 154 valence electrons. The number of alkyl halides is 2. The first-order valence-corrected chi connectivity index (χ1v) is 9.14. The maximum atomic E-state index is 13.0. The van der Waals surface area contributed by atoms with Crippen LogP contribution in [-0.4, -0.2) is 45.9 Å². The van der Waals surface area contributed by atoms with Gasteiger partial charge in [0.05, 0.1) is 12.8 Å². The molecule has 2 rings (SSSR count). The lowest BCUT2D eigenvalue weighted by Gasteiger charge is -2.18. The van der Waals surface area contributed by atoms with E-state index >= 15 is 0 Å². The molecule has 1 heterocycles. The molecule has 0 saturated heterocycles. The van der Waals surface area contributed by atoms with Gasteiger partial charge >= 0.3 is 5.76 Å². The fraction of sp³-hybridized carbons (Fsp3) is 0.429. The summed E-state index contributed by atoms with van der Waals surface area (Å²) in [6.45, 7) is 1.69. The van der Waals surface area contributed by atoms with E-state index in [4.69, 9.17) is 4.74 Å². The maximum absolute atomic E-state index is 13.0. The molecular formula is C14H18F3N7O3S. The number of hydrogen-bond acceptors (Lipinski definition) is 9. The molecule has 14 heteroatoms. The zero-order valence-electron chi connectivity index (χ0n) is 15.6. The Balaban J connectivity index is 2.70. The Morgan fingerprint density at radius 1 is 1.21 bits per heavy atom. The highest BCUT2D eigenvalue weighted by Crippen LogP contribution is 2.41. The fourth-order valence-electron chi connectivity index (χ4n) is 2.01. The highest BCUT2D eigenvalue weighted by atomic mass is 32.2. The first-order valence-electron chi connectivity index (χ1n) is 7.64. The number of halogens is 3. The Labute approximate surface area is 159 Å². The monoisotopic (exact) mass is 421 g/mol. The molecule has 0 aliphatic heterocycles. The smallest absolute Gasteiger partial charge is 0.345 e. The fourth-order valence-corrected chi connectivity index (χ4v) is 2.60. The van der Waals surface area contributed by atoms with E-state index in [0.29, 0.717) is 17.3 Å². The number of aromatic nitrogens is 3. The van der Waals surface area contributed by atoms with E-state index in [1.807, 2.05) is 0 Å². The van der Waals surface area contributed by atoms with Crippen LogP contribution in [0.25, 0.3) is 0 Å². The van der Waals surface area contributed by atoms with Crippen LogP contribution in [0.1, 0.15) is 5.82 Å². The van der Waals surface area contributed by atoms with Crippen LogP contribution < -0.4 is 9.64 Å². The lowest BCUT2D eigenvalue weighted by Crippen LogP contribution is -2.11. The number of rotatable bonds is 7. The van der Waals surface area contributed by atoms with E-state index in [0.717, 1.165) is 0 Å². The summed E-state index contributed by atoms with van der Waals surface area (Å²) in [6.07, 6.45) is 0. The lowest BCUT2D eigenvalue weighted by atomic mass is 10.2. The van der Waals surface area contributed by atoms with Crippen molar-refractivity contribution in [2.45, 2.75) is 12.7 Å². The van der Waals surface area contributed by atoms with Crippen molar-refractivity contribution in [2.75, 3.05) is 26.1 Å². The van der Waals surface area contributed by atoms with E-state index < -0.39 is 15.8 Å². The second-order valence-corrected chi connectivity index (χ2v) is 7.34. The largest absolute Gasteiger partial charge is 0.494 e. The van der Waals surface area contributed by atoms with Crippen molar-refractivity contribution in [3.05, 3.63) is 18.0 Å². The van der Waals surface area contributed by atoms with Gasteiger partial charge in [0.1, 0.15) is 22.9 Å². The van der Waals surface area contributed by atoms with Crippen molar-refractivity contribution in [3.63, 3.8) is 0 Å². The molecule has 28 heavy (non-hydrogen) atoms. The molecular weight excluding hydrogens is 403 g/mol. The molecule has 0 N–H and O–H groups in total. The molecule has 0 fully saturated rings. The van der Waals surface area contributed by atoms with Gasteiger partial charge in [0.2, 0.25) is 0 Å². The van der Waals surface area contributed by atoms with E-state index in [1.165, 1.54) is 23.8 Å². The number of hydrogen-bond donors (Lipinski definition) is 0. The first kappa shape index (κ1) is 21.6.